The molecule has 0 amide bonds. The second-order valence-electron chi connectivity index (χ2n) is 6.48. The molecule has 0 N–H and O–H groups in total. The average Bonchev–Trinajstić information content (AvgIpc) is 3.32. The van der Waals surface area contributed by atoms with E-state index >= 15 is 0 Å². The molecule has 0 bridgehead atoms. The van der Waals surface area contributed by atoms with Gasteiger partial charge in [0.25, 0.3) is 0 Å². The summed E-state index contributed by atoms with van der Waals surface area (Å²) in [6.07, 6.45) is 3.35. The summed E-state index contributed by atoms with van der Waals surface area (Å²) in [6, 6.07) is 12.7. The minimum Gasteiger partial charge on any atom is -0.341 e. The van der Waals surface area contributed by atoms with Crippen LogP contribution in [0.1, 0.15) is 31.2 Å². The second-order valence-corrected chi connectivity index (χ2v) is 7.47. The Hall–Kier alpha value is -2.51. The van der Waals surface area contributed by atoms with Gasteiger partial charge in [0.2, 0.25) is 5.95 Å². The Labute approximate surface area is 158 Å². The van der Waals surface area contributed by atoms with E-state index in [1.165, 1.54) is 30.2 Å². The van der Waals surface area contributed by atoms with E-state index in [1.54, 1.807) is 0 Å². The Bertz CT molecular complexity index is 808. The van der Waals surface area contributed by atoms with Gasteiger partial charge in [-0.3, -0.25) is 4.57 Å². The van der Waals surface area contributed by atoms with Gasteiger partial charge in [-0.05, 0) is 38.3 Å². The summed E-state index contributed by atoms with van der Waals surface area (Å²) in [6.45, 7) is 4.06. The summed E-state index contributed by atoms with van der Waals surface area (Å²) >= 11 is 1.54. The molecule has 1 aliphatic rings. The lowest BCUT2D eigenvalue weighted by Crippen LogP contribution is -2.22. The number of aryl methyl sites for hydroxylation is 1. The molecular formula is C19H22N6S. The van der Waals surface area contributed by atoms with Gasteiger partial charge in [-0.25, -0.2) is 0 Å². The van der Waals surface area contributed by atoms with Crippen molar-refractivity contribution in [3.63, 3.8) is 0 Å². The number of hydrogen-bond acceptors (Lipinski definition) is 6. The average molecular weight is 366 g/mol. The molecule has 3 rings (SSSR count). The molecule has 0 saturated carbocycles. The molecule has 1 aliphatic heterocycles. The van der Waals surface area contributed by atoms with Crippen molar-refractivity contribution in [2.75, 3.05) is 23.7 Å². The monoisotopic (exact) mass is 366 g/mol. The van der Waals surface area contributed by atoms with E-state index in [9.17, 15) is 5.26 Å². The summed E-state index contributed by atoms with van der Waals surface area (Å²) in [5.74, 6) is 1.33. The van der Waals surface area contributed by atoms with Gasteiger partial charge in [-0.2, -0.15) is 10.5 Å². The van der Waals surface area contributed by atoms with E-state index in [-0.39, 0.29) is 5.92 Å². The number of hydrogen-bond donors (Lipinski definition) is 0. The fourth-order valence-electron chi connectivity index (χ4n) is 3.00. The SMILES string of the molecule is Cc1ccc(-n2c(SC[C@H](C#N)CCC#N)nnc2N2CCCC2)cc1. The first-order chi connectivity index (χ1) is 12.7. The molecule has 6 nitrogen and oxygen atoms in total. The molecule has 134 valence electrons. The first kappa shape index (κ1) is 18.3. The van der Waals surface area contributed by atoms with E-state index in [0.717, 1.165) is 29.9 Å². The van der Waals surface area contributed by atoms with Gasteiger partial charge in [0.15, 0.2) is 5.16 Å². The van der Waals surface area contributed by atoms with Gasteiger partial charge in [0, 0.05) is 25.3 Å². The van der Waals surface area contributed by atoms with Crippen LogP contribution in [0.5, 0.6) is 0 Å². The number of anilines is 1. The molecular weight excluding hydrogens is 344 g/mol. The molecule has 0 radical (unpaired) electrons. The maximum atomic E-state index is 9.30. The minimum atomic E-state index is -0.155. The fourth-order valence-corrected chi connectivity index (χ4v) is 4.00. The number of benzene rings is 1. The normalized spacial score (nSPS) is 14.8. The highest BCUT2D eigenvalue weighted by Crippen LogP contribution is 2.30. The van der Waals surface area contributed by atoms with Crippen LogP contribution < -0.4 is 4.90 Å². The van der Waals surface area contributed by atoms with Crippen molar-refractivity contribution in [3.8, 4) is 17.8 Å². The Morgan fingerprint density at radius 2 is 1.88 bits per heavy atom. The van der Waals surface area contributed by atoms with Crippen molar-refractivity contribution in [3.05, 3.63) is 29.8 Å². The second kappa shape index (κ2) is 8.73. The molecule has 1 aromatic carbocycles. The number of aromatic nitrogens is 3. The molecule has 1 saturated heterocycles. The van der Waals surface area contributed by atoms with Gasteiger partial charge < -0.3 is 4.90 Å². The lowest BCUT2D eigenvalue weighted by molar-refractivity contribution is 0.683. The van der Waals surface area contributed by atoms with Crippen LogP contribution in [0.15, 0.2) is 29.4 Å². The van der Waals surface area contributed by atoms with Crippen LogP contribution in [0, 0.1) is 35.5 Å². The van der Waals surface area contributed by atoms with Crippen molar-refractivity contribution >= 4 is 17.7 Å². The summed E-state index contributed by atoms with van der Waals surface area (Å²) in [5.41, 5.74) is 2.25. The molecule has 0 unspecified atom stereocenters. The molecule has 1 atom stereocenters. The predicted molar refractivity (Wildman–Crippen MR) is 102 cm³/mol. The van der Waals surface area contributed by atoms with Gasteiger partial charge in [-0.15, -0.1) is 10.2 Å². The van der Waals surface area contributed by atoms with Crippen molar-refractivity contribution in [1.29, 1.82) is 10.5 Å². The third-order valence-corrected chi connectivity index (χ3v) is 5.59. The number of nitriles is 2. The molecule has 7 heteroatoms. The van der Waals surface area contributed by atoms with Crippen molar-refractivity contribution in [2.24, 2.45) is 5.92 Å². The lowest BCUT2D eigenvalue weighted by atomic mass is 10.1. The number of thioether (sulfide) groups is 1. The van der Waals surface area contributed by atoms with Crippen molar-refractivity contribution in [2.45, 2.75) is 37.8 Å². The van der Waals surface area contributed by atoms with Gasteiger partial charge in [0.1, 0.15) is 0 Å². The summed E-state index contributed by atoms with van der Waals surface area (Å²) in [7, 11) is 0. The maximum Gasteiger partial charge on any atom is 0.232 e. The van der Waals surface area contributed by atoms with E-state index in [4.69, 9.17) is 5.26 Å². The van der Waals surface area contributed by atoms with Gasteiger partial charge in [0.05, 0.1) is 23.7 Å². The smallest absolute Gasteiger partial charge is 0.232 e. The zero-order chi connectivity index (χ0) is 18.4. The standard InChI is InChI=1S/C19H22N6S/c1-15-6-8-17(9-7-15)25-18(24-11-2-3-12-24)22-23-19(25)26-14-16(13-21)5-4-10-20/h6-9,16H,2-5,11-12,14H2,1H3/t16-/m0/s1. The Morgan fingerprint density at radius 1 is 1.15 bits per heavy atom. The van der Waals surface area contributed by atoms with Crippen LogP contribution in [0.4, 0.5) is 5.95 Å². The molecule has 1 aromatic heterocycles. The molecule has 26 heavy (non-hydrogen) atoms. The summed E-state index contributed by atoms with van der Waals surface area (Å²) in [4.78, 5) is 2.27. The molecule has 0 spiro atoms. The Kier molecular flexibility index (Phi) is 6.14. The zero-order valence-corrected chi connectivity index (χ0v) is 15.7. The van der Waals surface area contributed by atoms with Gasteiger partial charge in [-0.1, -0.05) is 29.5 Å². The van der Waals surface area contributed by atoms with Crippen LogP contribution in [-0.2, 0) is 0 Å². The lowest BCUT2D eigenvalue weighted by Gasteiger charge is -2.18. The summed E-state index contributed by atoms with van der Waals surface area (Å²) < 4.78 is 2.09. The van der Waals surface area contributed by atoms with E-state index in [1.807, 2.05) is 0 Å². The molecule has 1 fully saturated rings. The van der Waals surface area contributed by atoms with Crippen LogP contribution in [0.25, 0.3) is 5.69 Å². The van der Waals surface area contributed by atoms with Gasteiger partial charge >= 0.3 is 0 Å². The first-order valence-corrected chi connectivity index (χ1v) is 9.88. The molecule has 2 heterocycles. The third-order valence-electron chi connectivity index (χ3n) is 4.50. The van der Waals surface area contributed by atoms with Crippen LogP contribution >= 0.6 is 11.8 Å². The fraction of sp³-hybridized carbons (Fsp3) is 0.474. The van der Waals surface area contributed by atoms with E-state index in [2.05, 4.69) is 63.0 Å². The number of rotatable bonds is 7. The minimum absolute atomic E-state index is 0.155. The zero-order valence-electron chi connectivity index (χ0n) is 14.9. The summed E-state index contributed by atoms with van der Waals surface area (Å²) in [5, 5.41) is 27.7. The quantitative estimate of drug-likeness (QED) is 0.695. The highest BCUT2D eigenvalue weighted by molar-refractivity contribution is 7.99. The Balaban J connectivity index is 1.86. The van der Waals surface area contributed by atoms with Crippen LogP contribution in [0.3, 0.4) is 0 Å². The molecule has 2 aromatic rings. The highest BCUT2D eigenvalue weighted by Gasteiger charge is 2.23. The van der Waals surface area contributed by atoms with Crippen molar-refractivity contribution in [1.82, 2.24) is 14.8 Å². The van der Waals surface area contributed by atoms with Crippen LogP contribution in [0.2, 0.25) is 0 Å². The van der Waals surface area contributed by atoms with E-state index in [0.29, 0.717) is 18.6 Å². The first-order valence-electron chi connectivity index (χ1n) is 8.89. The molecule has 0 aliphatic carbocycles. The van der Waals surface area contributed by atoms with Crippen molar-refractivity contribution < 1.29 is 0 Å². The maximum absolute atomic E-state index is 9.30. The largest absolute Gasteiger partial charge is 0.341 e. The van der Waals surface area contributed by atoms with Crippen LogP contribution in [-0.4, -0.2) is 33.6 Å². The highest BCUT2D eigenvalue weighted by atomic mass is 32.2. The van der Waals surface area contributed by atoms with E-state index < -0.39 is 0 Å². The predicted octanol–water partition coefficient (Wildman–Crippen LogP) is 3.71. The Morgan fingerprint density at radius 3 is 2.54 bits per heavy atom. The topological polar surface area (TPSA) is 81.5 Å². The third kappa shape index (κ3) is 4.17. The number of nitrogens with zero attached hydrogens (tertiary/aromatic N) is 6.